The Kier molecular flexibility index (Phi) is 5.12. The minimum atomic E-state index is -0.712. The molecule has 0 bridgehead atoms. The van der Waals surface area contributed by atoms with Crippen molar-refractivity contribution < 1.29 is 20.1 Å². The van der Waals surface area contributed by atoms with Crippen LogP contribution in [0.25, 0.3) is 11.2 Å². The molecule has 128 valence electrons. The van der Waals surface area contributed by atoms with E-state index in [4.69, 9.17) is 20.7 Å². The summed E-state index contributed by atoms with van der Waals surface area (Å²) in [5.74, 6) is 0.282. The van der Waals surface area contributed by atoms with Crippen molar-refractivity contribution in [2.75, 3.05) is 12.3 Å². The predicted molar refractivity (Wildman–Crippen MR) is 86.4 cm³/mol. The van der Waals surface area contributed by atoms with Gasteiger partial charge in [-0.05, 0) is 0 Å². The summed E-state index contributed by atoms with van der Waals surface area (Å²) in [4.78, 5) is 14.0. The fourth-order valence-electron chi connectivity index (χ4n) is 2.42. The van der Waals surface area contributed by atoms with Crippen molar-refractivity contribution in [3.05, 3.63) is 29.7 Å². The number of hydrogen-bond acceptors (Lipinski definition) is 8. The third-order valence-corrected chi connectivity index (χ3v) is 4.94. The number of nitrogen functional groups attached to an aromatic ring is 1. The van der Waals surface area contributed by atoms with Crippen molar-refractivity contribution in [2.24, 2.45) is 0 Å². The molecule has 4 heterocycles. The van der Waals surface area contributed by atoms with Gasteiger partial charge in [0, 0.05) is 6.42 Å². The molecule has 10 heteroatoms. The van der Waals surface area contributed by atoms with Crippen LogP contribution >= 0.6 is 0 Å². The third kappa shape index (κ3) is 3.42. The van der Waals surface area contributed by atoms with Crippen LogP contribution in [-0.4, -0.2) is 68.2 Å². The van der Waals surface area contributed by atoms with Crippen LogP contribution in [0.4, 0.5) is 5.82 Å². The van der Waals surface area contributed by atoms with E-state index in [1.165, 1.54) is 12.7 Å². The van der Waals surface area contributed by atoms with Crippen LogP contribution < -0.4 is 5.73 Å². The van der Waals surface area contributed by atoms with Crippen LogP contribution in [0.5, 0.6) is 4.62 Å². The molecule has 0 saturated carbocycles. The Morgan fingerprint density at radius 1 is 1.38 bits per heavy atom. The molecule has 0 unspecified atom stereocenters. The first-order valence-corrected chi connectivity index (χ1v) is 9.04. The van der Waals surface area contributed by atoms with E-state index < -0.39 is 12.3 Å². The van der Waals surface area contributed by atoms with Gasteiger partial charge < -0.3 is 20.7 Å². The Labute approximate surface area is 143 Å². The molecule has 4 rings (SSSR count). The average molecular weight is 398 g/mol. The summed E-state index contributed by atoms with van der Waals surface area (Å²) in [6.45, 7) is -0.128. The number of nitrogens with zero attached hydrogens (tertiary/aromatic N) is 4. The van der Waals surface area contributed by atoms with Crippen molar-refractivity contribution in [3.8, 4) is 4.62 Å². The quantitative estimate of drug-likeness (QED) is 0.424. The number of aliphatic hydroxyl groups is 2. The molecule has 0 radical (unpaired) electrons. The minimum absolute atomic E-state index is 0.128. The number of aromatic hydroxyl groups is 1. The number of ether oxygens (including phenoxy) is 1. The van der Waals surface area contributed by atoms with Gasteiger partial charge in [0.2, 0.25) is 0 Å². The SMILES string of the molecule is Nc1ncnc2c1ncn2[C@@H]1O[C@H](CO)C[C@H]1O.Oc1ccc[se]1. The molecule has 1 fully saturated rings. The molecule has 0 aromatic carbocycles. The number of anilines is 1. The summed E-state index contributed by atoms with van der Waals surface area (Å²) in [5, 5.41) is 27.5. The van der Waals surface area contributed by atoms with Crippen molar-refractivity contribution in [2.45, 2.75) is 24.9 Å². The van der Waals surface area contributed by atoms with Gasteiger partial charge in [-0.1, -0.05) is 0 Å². The number of imidazole rings is 1. The standard InChI is InChI=1S/C10H13N5O3.C4H4OSe/c11-8-7-9(13-3-12-8)15(4-14-7)10-6(17)1-5(2-16)18-10;5-4-2-1-3-6-4/h3-6,10,16-17H,1-2H2,(H2,11,12,13);1-3,5H/t5-,6+,10+;/m0./s1. The zero-order valence-electron chi connectivity index (χ0n) is 12.6. The van der Waals surface area contributed by atoms with E-state index in [9.17, 15) is 5.11 Å². The van der Waals surface area contributed by atoms with Gasteiger partial charge in [-0.2, -0.15) is 0 Å². The van der Waals surface area contributed by atoms with Crippen LogP contribution in [-0.2, 0) is 4.74 Å². The molecule has 3 atom stereocenters. The number of hydrogen-bond donors (Lipinski definition) is 4. The fourth-order valence-corrected chi connectivity index (χ4v) is 3.38. The zero-order chi connectivity index (χ0) is 17.1. The van der Waals surface area contributed by atoms with Crippen molar-refractivity contribution in [1.82, 2.24) is 19.5 Å². The van der Waals surface area contributed by atoms with Gasteiger partial charge in [-0.25, -0.2) is 15.0 Å². The number of aliphatic hydroxyl groups excluding tert-OH is 2. The van der Waals surface area contributed by atoms with Crippen molar-refractivity contribution in [3.63, 3.8) is 0 Å². The Balaban J connectivity index is 0.000000238. The summed E-state index contributed by atoms with van der Waals surface area (Å²) in [6, 6.07) is 3.59. The molecule has 1 aliphatic heterocycles. The predicted octanol–water partition coefficient (Wildman–Crippen LogP) is -0.502. The summed E-state index contributed by atoms with van der Waals surface area (Å²) in [5.41, 5.74) is 6.66. The van der Waals surface area contributed by atoms with Gasteiger partial charge in [0.05, 0.1) is 19.0 Å². The Bertz CT molecular complexity index is 794. The molecule has 9 nitrogen and oxygen atoms in total. The number of aromatic nitrogens is 4. The molecule has 0 amide bonds. The molecular weight excluding hydrogens is 381 g/mol. The normalized spacial score (nSPS) is 23.2. The number of nitrogens with two attached hydrogens (primary N) is 1. The van der Waals surface area contributed by atoms with Crippen LogP contribution in [0.3, 0.4) is 0 Å². The van der Waals surface area contributed by atoms with Crippen LogP contribution in [0, 0.1) is 0 Å². The maximum absolute atomic E-state index is 9.93. The van der Waals surface area contributed by atoms with Gasteiger partial charge in [0.25, 0.3) is 0 Å². The summed E-state index contributed by atoms with van der Waals surface area (Å²) in [6.07, 6.45) is 1.52. The van der Waals surface area contributed by atoms with Crippen molar-refractivity contribution in [1.29, 1.82) is 0 Å². The van der Waals surface area contributed by atoms with E-state index in [0.29, 0.717) is 22.2 Å². The Morgan fingerprint density at radius 3 is 2.79 bits per heavy atom. The second-order valence-electron chi connectivity index (χ2n) is 5.17. The Hall–Kier alpha value is -1.97. The maximum atomic E-state index is 9.93. The van der Waals surface area contributed by atoms with E-state index in [-0.39, 0.29) is 33.0 Å². The summed E-state index contributed by atoms with van der Waals surface area (Å²) < 4.78 is 7.67. The van der Waals surface area contributed by atoms with E-state index >= 15 is 0 Å². The summed E-state index contributed by atoms with van der Waals surface area (Å²) >= 11 is 0.264. The van der Waals surface area contributed by atoms with Gasteiger partial charge >= 0.3 is 41.3 Å². The topological polar surface area (TPSA) is 140 Å². The van der Waals surface area contributed by atoms with Crippen LogP contribution in [0.15, 0.2) is 29.7 Å². The fraction of sp³-hybridized carbons (Fsp3) is 0.357. The monoisotopic (exact) mass is 399 g/mol. The van der Waals surface area contributed by atoms with E-state index in [1.54, 1.807) is 10.6 Å². The zero-order valence-corrected chi connectivity index (χ0v) is 14.3. The first kappa shape index (κ1) is 16.9. The van der Waals surface area contributed by atoms with Crippen LogP contribution in [0.2, 0.25) is 0 Å². The van der Waals surface area contributed by atoms with Crippen LogP contribution in [0.1, 0.15) is 12.6 Å². The molecular formula is C14H17N5O4Se. The molecule has 3 aromatic rings. The van der Waals surface area contributed by atoms with Gasteiger partial charge in [-0.3, -0.25) is 4.57 Å². The third-order valence-electron chi connectivity index (χ3n) is 3.54. The molecule has 0 aliphatic carbocycles. The molecule has 0 spiro atoms. The second-order valence-corrected chi connectivity index (χ2v) is 7.11. The molecule has 1 aliphatic rings. The van der Waals surface area contributed by atoms with Crippen molar-refractivity contribution >= 4 is 31.5 Å². The number of fused-ring (bicyclic) bond motifs is 1. The average Bonchev–Trinajstić information content (AvgIpc) is 3.28. The molecule has 1 saturated heterocycles. The Morgan fingerprint density at radius 2 is 2.21 bits per heavy atom. The second kappa shape index (κ2) is 7.29. The van der Waals surface area contributed by atoms with E-state index in [1.807, 2.05) is 11.0 Å². The van der Waals surface area contributed by atoms with E-state index in [2.05, 4.69) is 15.0 Å². The van der Waals surface area contributed by atoms with Gasteiger partial charge in [0.15, 0.2) is 17.7 Å². The molecule has 3 aromatic heterocycles. The molecule has 24 heavy (non-hydrogen) atoms. The first-order valence-electron chi connectivity index (χ1n) is 7.20. The van der Waals surface area contributed by atoms with Gasteiger partial charge in [-0.15, -0.1) is 0 Å². The first-order chi connectivity index (χ1) is 11.6. The van der Waals surface area contributed by atoms with E-state index in [0.717, 1.165) is 0 Å². The van der Waals surface area contributed by atoms with Gasteiger partial charge in [0.1, 0.15) is 17.9 Å². The molecule has 5 N–H and O–H groups in total. The number of rotatable bonds is 2. The summed E-state index contributed by atoms with van der Waals surface area (Å²) in [7, 11) is 0.